The van der Waals surface area contributed by atoms with Crippen LogP contribution in [0.5, 0.6) is 0 Å². The van der Waals surface area contributed by atoms with E-state index in [0.29, 0.717) is 10.6 Å². The first kappa shape index (κ1) is 13.2. The second-order valence-electron chi connectivity index (χ2n) is 3.87. The number of aromatic carboxylic acids is 1. The molecule has 0 aliphatic rings. The molecule has 0 saturated carbocycles. The van der Waals surface area contributed by atoms with Crippen LogP contribution in [0.1, 0.15) is 25.6 Å². The van der Waals surface area contributed by atoms with Gasteiger partial charge in [-0.3, -0.25) is 0 Å². The van der Waals surface area contributed by atoms with Gasteiger partial charge in [-0.15, -0.1) is 11.3 Å². The lowest BCUT2D eigenvalue weighted by molar-refractivity contribution is 0.0601. The van der Waals surface area contributed by atoms with E-state index in [2.05, 4.69) is 9.72 Å². The molecule has 0 atom stereocenters. The summed E-state index contributed by atoms with van der Waals surface area (Å²) in [6.07, 6.45) is 1.70. The smallest absolute Gasteiger partial charge is 0.337 e. The summed E-state index contributed by atoms with van der Waals surface area (Å²) in [7, 11) is 1.25. The number of thiazole rings is 1. The SMILES string of the molecule is COC(=O)c1cc(C(=O)O)cc(-c2ncc(C)s2)c1. The van der Waals surface area contributed by atoms with Crippen LogP contribution in [0.2, 0.25) is 0 Å². The van der Waals surface area contributed by atoms with E-state index in [1.807, 2.05) is 6.92 Å². The fourth-order valence-corrected chi connectivity index (χ4v) is 2.35. The molecule has 0 radical (unpaired) electrons. The Morgan fingerprint density at radius 1 is 1.26 bits per heavy atom. The minimum Gasteiger partial charge on any atom is -0.478 e. The molecule has 0 amide bonds. The van der Waals surface area contributed by atoms with Crippen LogP contribution in [0.4, 0.5) is 0 Å². The maximum Gasteiger partial charge on any atom is 0.337 e. The van der Waals surface area contributed by atoms with Crippen molar-refractivity contribution in [2.24, 2.45) is 0 Å². The Balaban J connectivity index is 2.57. The van der Waals surface area contributed by atoms with Crippen LogP contribution in [0.15, 0.2) is 24.4 Å². The Morgan fingerprint density at radius 2 is 1.95 bits per heavy atom. The van der Waals surface area contributed by atoms with E-state index in [4.69, 9.17) is 5.11 Å². The van der Waals surface area contributed by atoms with Gasteiger partial charge in [0.05, 0.1) is 18.2 Å². The van der Waals surface area contributed by atoms with Crippen molar-refractivity contribution in [1.29, 1.82) is 0 Å². The zero-order valence-electron chi connectivity index (χ0n) is 10.3. The molecule has 1 aromatic heterocycles. The van der Waals surface area contributed by atoms with Crippen LogP contribution >= 0.6 is 11.3 Å². The number of nitrogens with zero attached hydrogens (tertiary/aromatic N) is 1. The number of hydrogen-bond acceptors (Lipinski definition) is 5. The van der Waals surface area contributed by atoms with E-state index in [0.717, 1.165) is 4.88 Å². The number of methoxy groups -OCH3 is 1. The first-order chi connectivity index (χ1) is 9.01. The van der Waals surface area contributed by atoms with Crippen molar-refractivity contribution in [3.05, 3.63) is 40.4 Å². The largest absolute Gasteiger partial charge is 0.478 e. The Hall–Kier alpha value is -2.21. The number of carboxylic acid groups (broad SMARTS) is 1. The first-order valence-corrected chi connectivity index (χ1v) is 6.22. The lowest BCUT2D eigenvalue weighted by atomic mass is 10.1. The minimum atomic E-state index is -1.10. The third-order valence-electron chi connectivity index (χ3n) is 2.47. The Labute approximate surface area is 113 Å². The van der Waals surface area contributed by atoms with Gasteiger partial charge in [-0.25, -0.2) is 14.6 Å². The Bertz CT molecular complexity index is 648. The molecule has 98 valence electrons. The number of carbonyl (C=O) groups is 2. The lowest BCUT2D eigenvalue weighted by Gasteiger charge is -2.04. The highest BCUT2D eigenvalue weighted by atomic mass is 32.1. The van der Waals surface area contributed by atoms with E-state index in [1.54, 1.807) is 12.3 Å². The van der Waals surface area contributed by atoms with Crippen molar-refractivity contribution in [3.8, 4) is 10.6 Å². The molecule has 0 bridgehead atoms. The monoisotopic (exact) mass is 277 g/mol. The Kier molecular flexibility index (Phi) is 3.62. The fourth-order valence-electron chi connectivity index (χ4n) is 1.60. The number of benzene rings is 1. The first-order valence-electron chi connectivity index (χ1n) is 5.41. The molecule has 1 aromatic carbocycles. The molecule has 19 heavy (non-hydrogen) atoms. The number of aromatic nitrogens is 1. The van der Waals surface area contributed by atoms with Crippen LogP contribution in [0.25, 0.3) is 10.6 Å². The zero-order valence-corrected chi connectivity index (χ0v) is 11.2. The maximum absolute atomic E-state index is 11.5. The minimum absolute atomic E-state index is 0.0331. The van der Waals surface area contributed by atoms with Crippen molar-refractivity contribution < 1.29 is 19.4 Å². The van der Waals surface area contributed by atoms with Gasteiger partial charge in [0.2, 0.25) is 0 Å². The highest BCUT2D eigenvalue weighted by Gasteiger charge is 2.14. The number of rotatable bonds is 3. The molecule has 1 heterocycles. The average molecular weight is 277 g/mol. The van der Waals surface area contributed by atoms with Gasteiger partial charge in [0.15, 0.2) is 0 Å². The van der Waals surface area contributed by atoms with E-state index < -0.39 is 11.9 Å². The molecule has 0 unspecified atom stereocenters. The standard InChI is InChI=1S/C13H11NO4S/c1-7-6-14-11(19-7)8-3-9(12(15)16)5-10(4-8)13(17)18-2/h3-6H,1-2H3,(H,15,16). The molecule has 0 spiro atoms. The molecule has 1 N–H and O–H groups in total. The van der Waals surface area contributed by atoms with Gasteiger partial charge < -0.3 is 9.84 Å². The predicted molar refractivity (Wildman–Crippen MR) is 70.6 cm³/mol. The number of esters is 1. The summed E-state index contributed by atoms with van der Waals surface area (Å²) in [6, 6.07) is 4.36. The molecule has 0 aliphatic heterocycles. The van der Waals surface area contributed by atoms with Crippen molar-refractivity contribution in [2.75, 3.05) is 7.11 Å². The van der Waals surface area contributed by atoms with Gasteiger partial charge in [-0.05, 0) is 25.1 Å². The molecule has 5 nitrogen and oxygen atoms in total. The van der Waals surface area contributed by atoms with E-state index >= 15 is 0 Å². The number of carboxylic acids is 1. The summed E-state index contributed by atoms with van der Waals surface area (Å²) in [5.41, 5.74) is 0.828. The highest BCUT2D eigenvalue weighted by Crippen LogP contribution is 2.27. The number of ether oxygens (including phenoxy) is 1. The van der Waals surface area contributed by atoms with Gasteiger partial charge >= 0.3 is 11.9 Å². The van der Waals surface area contributed by atoms with Gasteiger partial charge in [0, 0.05) is 16.6 Å². The van der Waals surface area contributed by atoms with Crippen molar-refractivity contribution in [3.63, 3.8) is 0 Å². The molecule has 0 saturated heterocycles. The second-order valence-corrected chi connectivity index (χ2v) is 5.11. The average Bonchev–Trinajstić information content (AvgIpc) is 2.84. The number of aryl methyl sites for hydroxylation is 1. The summed E-state index contributed by atoms with van der Waals surface area (Å²) >= 11 is 1.43. The molecule has 2 rings (SSSR count). The summed E-state index contributed by atoms with van der Waals surface area (Å²) in [6.45, 7) is 1.91. The van der Waals surface area contributed by atoms with Crippen LogP contribution < -0.4 is 0 Å². The Morgan fingerprint density at radius 3 is 2.47 bits per heavy atom. The van der Waals surface area contributed by atoms with Crippen molar-refractivity contribution in [1.82, 2.24) is 4.98 Å². The third-order valence-corrected chi connectivity index (χ3v) is 3.43. The maximum atomic E-state index is 11.5. The van der Waals surface area contributed by atoms with Crippen LogP contribution in [-0.2, 0) is 4.74 Å². The van der Waals surface area contributed by atoms with E-state index in [1.165, 1.54) is 30.6 Å². The highest BCUT2D eigenvalue weighted by molar-refractivity contribution is 7.14. The molecule has 6 heteroatoms. The second kappa shape index (κ2) is 5.19. The van der Waals surface area contributed by atoms with Crippen LogP contribution in [0, 0.1) is 6.92 Å². The van der Waals surface area contributed by atoms with Gasteiger partial charge in [-0.1, -0.05) is 0 Å². The number of hydrogen-bond donors (Lipinski definition) is 1. The number of carbonyl (C=O) groups excluding carboxylic acids is 1. The summed E-state index contributed by atoms with van der Waals surface area (Å²) in [5.74, 6) is -1.67. The normalized spacial score (nSPS) is 10.2. The zero-order chi connectivity index (χ0) is 14.0. The van der Waals surface area contributed by atoms with Gasteiger partial charge in [0.1, 0.15) is 5.01 Å². The van der Waals surface area contributed by atoms with Crippen molar-refractivity contribution in [2.45, 2.75) is 6.92 Å². The van der Waals surface area contributed by atoms with E-state index in [9.17, 15) is 9.59 Å². The predicted octanol–water partition coefficient (Wildman–Crippen LogP) is 2.60. The van der Waals surface area contributed by atoms with Gasteiger partial charge in [0.25, 0.3) is 0 Å². The third kappa shape index (κ3) is 2.79. The lowest BCUT2D eigenvalue weighted by Crippen LogP contribution is -2.05. The van der Waals surface area contributed by atoms with Crippen molar-refractivity contribution >= 4 is 23.3 Å². The van der Waals surface area contributed by atoms with Crippen LogP contribution in [0.3, 0.4) is 0 Å². The molecule has 0 fully saturated rings. The van der Waals surface area contributed by atoms with E-state index in [-0.39, 0.29) is 11.1 Å². The fraction of sp³-hybridized carbons (Fsp3) is 0.154. The molecular weight excluding hydrogens is 266 g/mol. The molecule has 2 aromatic rings. The summed E-state index contributed by atoms with van der Waals surface area (Å²) in [5, 5.41) is 9.74. The topological polar surface area (TPSA) is 76.5 Å². The quantitative estimate of drug-likeness (QED) is 0.873. The summed E-state index contributed by atoms with van der Waals surface area (Å²) < 4.78 is 4.62. The molecule has 0 aliphatic carbocycles. The van der Waals surface area contributed by atoms with Crippen LogP contribution in [-0.4, -0.2) is 29.1 Å². The van der Waals surface area contributed by atoms with Gasteiger partial charge in [-0.2, -0.15) is 0 Å². The summed E-state index contributed by atoms with van der Waals surface area (Å²) in [4.78, 5) is 27.8. The molecular formula is C13H11NO4S.